The zero-order valence-corrected chi connectivity index (χ0v) is 17.6. The van der Waals surface area contributed by atoms with Crippen molar-refractivity contribution >= 4 is 17.8 Å². The quantitative estimate of drug-likeness (QED) is 0.502. The third-order valence-corrected chi connectivity index (χ3v) is 4.67. The number of methoxy groups -OCH3 is 2. The molecule has 0 aliphatic rings. The lowest BCUT2D eigenvalue weighted by Gasteiger charge is -2.38. The first-order valence-corrected chi connectivity index (χ1v) is 9.56. The Morgan fingerprint density at radius 3 is 1.83 bits per heavy atom. The number of hydrogen-bond donors (Lipinski definition) is 1. The Morgan fingerprint density at radius 1 is 0.867 bits per heavy atom. The van der Waals surface area contributed by atoms with E-state index in [9.17, 15) is 14.4 Å². The molecular formula is C23H27NO6. The van der Waals surface area contributed by atoms with Crippen molar-refractivity contribution in [2.45, 2.75) is 32.1 Å². The standard InChI is InChI=1S/C23H27NO6/c1-16(2)19(30-15-17-11-7-5-8-12-17)23(21(26)28-3,22(27)29-4)24-20(25)18-13-9-6-10-14-18/h5-14,16,19H,15H2,1-4H3,(H,24,25). The van der Waals surface area contributed by atoms with Crippen molar-refractivity contribution in [2.24, 2.45) is 5.92 Å². The third kappa shape index (κ3) is 5.04. The lowest BCUT2D eigenvalue weighted by Crippen LogP contribution is -2.69. The minimum absolute atomic E-state index is 0.126. The smallest absolute Gasteiger partial charge is 0.346 e. The summed E-state index contributed by atoms with van der Waals surface area (Å²) in [6.45, 7) is 3.69. The average molecular weight is 413 g/mol. The molecule has 0 saturated carbocycles. The largest absolute Gasteiger partial charge is 0.467 e. The molecule has 0 aromatic heterocycles. The van der Waals surface area contributed by atoms with E-state index in [2.05, 4.69) is 5.32 Å². The van der Waals surface area contributed by atoms with Crippen LogP contribution in [0.15, 0.2) is 60.7 Å². The van der Waals surface area contributed by atoms with Crippen LogP contribution in [-0.4, -0.2) is 43.7 Å². The van der Waals surface area contributed by atoms with Gasteiger partial charge in [-0.3, -0.25) is 4.79 Å². The number of nitrogens with one attached hydrogen (secondary N) is 1. The van der Waals surface area contributed by atoms with Gasteiger partial charge in [0.25, 0.3) is 11.4 Å². The van der Waals surface area contributed by atoms with Crippen molar-refractivity contribution in [3.05, 3.63) is 71.8 Å². The van der Waals surface area contributed by atoms with E-state index in [0.29, 0.717) is 0 Å². The van der Waals surface area contributed by atoms with Crippen LogP contribution in [0.25, 0.3) is 0 Å². The fraction of sp³-hybridized carbons (Fsp3) is 0.348. The number of ether oxygens (including phenoxy) is 3. The highest BCUT2D eigenvalue weighted by Crippen LogP contribution is 2.27. The lowest BCUT2D eigenvalue weighted by atomic mass is 9.84. The van der Waals surface area contributed by atoms with Gasteiger partial charge in [0.05, 0.1) is 20.8 Å². The monoisotopic (exact) mass is 413 g/mol. The van der Waals surface area contributed by atoms with Crippen LogP contribution in [0, 0.1) is 5.92 Å². The van der Waals surface area contributed by atoms with E-state index >= 15 is 0 Å². The lowest BCUT2D eigenvalue weighted by molar-refractivity contribution is -0.175. The van der Waals surface area contributed by atoms with Crippen molar-refractivity contribution < 1.29 is 28.6 Å². The molecule has 0 saturated heterocycles. The van der Waals surface area contributed by atoms with Gasteiger partial charge in [0.1, 0.15) is 6.10 Å². The number of esters is 2. The second kappa shape index (κ2) is 10.5. The van der Waals surface area contributed by atoms with Crippen LogP contribution in [0.4, 0.5) is 0 Å². The molecule has 1 amide bonds. The number of benzene rings is 2. The van der Waals surface area contributed by atoms with Crippen LogP contribution >= 0.6 is 0 Å². The predicted molar refractivity (Wildman–Crippen MR) is 111 cm³/mol. The zero-order valence-electron chi connectivity index (χ0n) is 17.6. The maximum Gasteiger partial charge on any atom is 0.346 e. The minimum Gasteiger partial charge on any atom is -0.467 e. The highest BCUT2D eigenvalue weighted by atomic mass is 16.6. The van der Waals surface area contributed by atoms with Crippen LogP contribution in [-0.2, 0) is 30.4 Å². The Balaban J connectivity index is 2.48. The molecule has 0 aliphatic carbocycles. The number of carbonyl (C=O) groups is 3. The van der Waals surface area contributed by atoms with Crippen LogP contribution in [0.1, 0.15) is 29.8 Å². The SMILES string of the molecule is COC(=O)C(NC(=O)c1ccccc1)(C(=O)OC)C(OCc1ccccc1)C(C)C. The Morgan fingerprint density at radius 2 is 1.37 bits per heavy atom. The van der Waals surface area contributed by atoms with Gasteiger partial charge in [-0.05, 0) is 23.6 Å². The zero-order chi connectivity index (χ0) is 22.1. The summed E-state index contributed by atoms with van der Waals surface area (Å²) < 4.78 is 15.9. The molecule has 7 heteroatoms. The van der Waals surface area contributed by atoms with E-state index in [1.165, 1.54) is 0 Å². The van der Waals surface area contributed by atoms with E-state index in [1.54, 1.807) is 44.2 Å². The van der Waals surface area contributed by atoms with E-state index in [0.717, 1.165) is 19.8 Å². The molecule has 160 valence electrons. The summed E-state index contributed by atoms with van der Waals surface area (Å²) in [6, 6.07) is 17.6. The van der Waals surface area contributed by atoms with Gasteiger partial charge < -0.3 is 19.5 Å². The topological polar surface area (TPSA) is 90.9 Å². The molecule has 2 rings (SSSR count). The summed E-state index contributed by atoms with van der Waals surface area (Å²) in [5.41, 5.74) is -1.05. The van der Waals surface area contributed by atoms with E-state index in [1.807, 2.05) is 30.3 Å². The maximum atomic E-state index is 12.9. The summed E-state index contributed by atoms with van der Waals surface area (Å²) in [5.74, 6) is -2.90. The fourth-order valence-electron chi connectivity index (χ4n) is 3.23. The first kappa shape index (κ1) is 23.1. The molecule has 1 N–H and O–H groups in total. The third-order valence-electron chi connectivity index (χ3n) is 4.67. The highest BCUT2D eigenvalue weighted by Gasteiger charge is 2.58. The van der Waals surface area contributed by atoms with Gasteiger partial charge in [-0.1, -0.05) is 62.4 Å². The van der Waals surface area contributed by atoms with Crippen molar-refractivity contribution in [3.8, 4) is 0 Å². The maximum absolute atomic E-state index is 12.9. The van der Waals surface area contributed by atoms with Gasteiger partial charge in [0.15, 0.2) is 0 Å². The molecule has 0 fully saturated rings. The fourth-order valence-corrected chi connectivity index (χ4v) is 3.23. The van der Waals surface area contributed by atoms with Gasteiger partial charge in [0, 0.05) is 5.56 Å². The normalized spacial score (nSPS) is 12.2. The predicted octanol–water partition coefficient (Wildman–Crippen LogP) is 2.74. The van der Waals surface area contributed by atoms with Gasteiger partial charge in [-0.15, -0.1) is 0 Å². The second-order valence-corrected chi connectivity index (χ2v) is 7.07. The first-order valence-electron chi connectivity index (χ1n) is 9.56. The summed E-state index contributed by atoms with van der Waals surface area (Å²) in [4.78, 5) is 38.8. The molecule has 1 atom stereocenters. The molecule has 2 aromatic rings. The van der Waals surface area contributed by atoms with Gasteiger partial charge in [-0.2, -0.15) is 0 Å². The molecule has 2 aromatic carbocycles. The number of hydrogen-bond acceptors (Lipinski definition) is 6. The number of amides is 1. The van der Waals surface area contributed by atoms with Crippen molar-refractivity contribution in [3.63, 3.8) is 0 Å². The molecule has 1 unspecified atom stereocenters. The van der Waals surface area contributed by atoms with Crippen molar-refractivity contribution in [2.75, 3.05) is 14.2 Å². The second-order valence-electron chi connectivity index (χ2n) is 7.07. The molecule has 0 heterocycles. The molecule has 0 radical (unpaired) electrons. The Labute approximate surface area is 176 Å². The molecule has 0 bridgehead atoms. The molecule has 0 aliphatic heterocycles. The first-order chi connectivity index (χ1) is 14.4. The Bertz CT molecular complexity index is 835. The summed E-state index contributed by atoms with van der Waals surface area (Å²) in [6.07, 6.45) is -1.05. The van der Waals surface area contributed by atoms with Gasteiger partial charge in [0.2, 0.25) is 0 Å². The number of rotatable bonds is 9. The molecule has 30 heavy (non-hydrogen) atoms. The van der Waals surface area contributed by atoms with E-state index < -0.39 is 29.5 Å². The van der Waals surface area contributed by atoms with E-state index in [-0.39, 0.29) is 18.1 Å². The highest BCUT2D eigenvalue weighted by molar-refractivity contribution is 6.10. The molecule has 7 nitrogen and oxygen atoms in total. The van der Waals surface area contributed by atoms with Crippen LogP contribution in [0.2, 0.25) is 0 Å². The van der Waals surface area contributed by atoms with E-state index in [4.69, 9.17) is 14.2 Å². The summed E-state index contributed by atoms with van der Waals surface area (Å²) in [7, 11) is 2.28. The van der Waals surface area contributed by atoms with Crippen LogP contribution in [0.3, 0.4) is 0 Å². The van der Waals surface area contributed by atoms with Crippen molar-refractivity contribution in [1.82, 2.24) is 5.32 Å². The van der Waals surface area contributed by atoms with Crippen molar-refractivity contribution in [1.29, 1.82) is 0 Å². The average Bonchev–Trinajstić information content (AvgIpc) is 2.78. The van der Waals surface area contributed by atoms with Gasteiger partial charge in [-0.25, -0.2) is 9.59 Å². The van der Waals surface area contributed by atoms with Gasteiger partial charge >= 0.3 is 11.9 Å². The molecular weight excluding hydrogens is 386 g/mol. The summed E-state index contributed by atoms with van der Waals surface area (Å²) >= 11 is 0. The summed E-state index contributed by atoms with van der Waals surface area (Å²) in [5, 5.41) is 2.55. The minimum atomic E-state index is -2.18. The van der Waals surface area contributed by atoms with Crippen LogP contribution in [0.5, 0.6) is 0 Å². The Kier molecular flexibility index (Phi) is 8.12. The Hall–Kier alpha value is -3.19. The molecule has 0 spiro atoms. The van der Waals surface area contributed by atoms with Crippen LogP contribution < -0.4 is 5.32 Å². The number of carbonyl (C=O) groups excluding carboxylic acids is 3.